The van der Waals surface area contributed by atoms with E-state index in [1.165, 1.54) is 6.54 Å². The topological polar surface area (TPSA) is 18.5 Å². The van der Waals surface area contributed by atoms with Gasteiger partial charge in [0.25, 0.3) is 0 Å². The predicted octanol–water partition coefficient (Wildman–Crippen LogP) is 1.26. The summed E-state index contributed by atoms with van der Waals surface area (Å²) < 4.78 is 0. The summed E-state index contributed by atoms with van der Waals surface area (Å²) in [6, 6.07) is 0.658. The molecule has 16 heavy (non-hydrogen) atoms. The van der Waals surface area contributed by atoms with Crippen LogP contribution in [-0.2, 0) is 0 Å². The zero-order valence-corrected chi connectivity index (χ0v) is 11.9. The van der Waals surface area contributed by atoms with Crippen LogP contribution in [0.15, 0.2) is 0 Å². The van der Waals surface area contributed by atoms with E-state index in [2.05, 4.69) is 56.9 Å². The second kappa shape index (κ2) is 5.48. The summed E-state index contributed by atoms with van der Waals surface area (Å²) in [6.45, 7) is 13.8. The van der Waals surface area contributed by atoms with Crippen molar-refractivity contribution in [2.24, 2.45) is 5.92 Å². The standard InChI is InChI=1S/C13H29N3/c1-11(2)8-16-10-13(3,4)14-7-12(16)9-15(5)6/h11-12,14H,7-10H2,1-6H3. The Morgan fingerprint density at radius 2 is 2.00 bits per heavy atom. The lowest BCUT2D eigenvalue weighted by Gasteiger charge is -2.46. The molecule has 1 saturated heterocycles. The van der Waals surface area contributed by atoms with Crippen LogP contribution in [0.2, 0.25) is 0 Å². The van der Waals surface area contributed by atoms with Gasteiger partial charge in [0, 0.05) is 37.8 Å². The van der Waals surface area contributed by atoms with Crippen molar-refractivity contribution in [3.63, 3.8) is 0 Å². The summed E-state index contributed by atoms with van der Waals surface area (Å²) in [6.07, 6.45) is 0. The zero-order chi connectivity index (χ0) is 12.3. The lowest BCUT2D eigenvalue weighted by molar-refractivity contribution is 0.0687. The van der Waals surface area contributed by atoms with E-state index in [0.717, 1.165) is 25.6 Å². The van der Waals surface area contributed by atoms with E-state index in [9.17, 15) is 0 Å². The molecule has 0 saturated carbocycles. The summed E-state index contributed by atoms with van der Waals surface area (Å²) in [7, 11) is 4.32. The highest BCUT2D eigenvalue weighted by molar-refractivity contribution is 4.93. The van der Waals surface area contributed by atoms with Crippen molar-refractivity contribution in [2.75, 3.05) is 40.3 Å². The van der Waals surface area contributed by atoms with E-state index in [4.69, 9.17) is 0 Å². The van der Waals surface area contributed by atoms with Gasteiger partial charge < -0.3 is 10.2 Å². The number of likely N-dealkylation sites (N-methyl/N-ethyl adjacent to an activating group) is 1. The van der Waals surface area contributed by atoms with Crippen LogP contribution in [-0.4, -0.2) is 61.7 Å². The smallest absolute Gasteiger partial charge is 0.0348 e. The lowest BCUT2D eigenvalue weighted by atomic mass is 9.97. The third kappa shape index (κ3) is 4.40. The molecule has 1 unspecified atom stereocenters. The minimum Gasteiger partial charge on any atom is -0.309 e. The van der Waals surface area contributed by atoms with Crippen LogP contribution in [0.4, 0.5) is 0 Å². The van der Waals surface area contributed by atoms with Crippen molar-refractivity contribution in [3.8, 4) is 0 Å². The Labute approximate surface area is 101 Å². The van der Waals surface area contributed by atoms with E-state index in [1.807, 2.05) is 0 Å². The molecule has 1 fully saturated rings. The molecule has 0 aromatic carbocycles. The SMILES string of the molecule is CC(C)CN1CC(C)(C)NCC1CN(C)C. The maximum atomic E-state index is 3.65. The Bertz CT molecular complexity index is 211. The van der Waals surface area contributed by atoms with Gasteiger partial charge in [-0.15, -0.1) is 0 Å². The molecule has 1 heterocycles. The Balaban J connectivity index is 2.60. The average Bonchev–Trinajstić information content (AvgIpc) is 2.07. The van der Waals surface area contributed by atoms with Gasteiger partial charge in [-0.05, 0) is 33.9 Å². The number of piperazine rings is 1. The highest BCUT2D eigenvalue weighted by Crippen LogP contribution is 2.17. The molecular weight excluding hydrogens is 198 g/mol. The van der Waals surface area contributed by atoms with Gasteiger partial charge in [-0.25, -0.2) is 0 Å². The van der Waals surface area contributed by atoms with E-state index >= 15 is 0 Å². The zero-order valence-electron chi connectivity index (χ0n) is 11.9. The van der Waals surface area contributed by atoms with Gasteiger partial charge in [0.15, 0.2) is 0 Å². The highest BCUT2D eigenvalue weighted by Gasteiger charge is 2.32. The van der Waals surface area contributed by atoms with Gasteiger partial charge in [0.1, 0.15) is 0 Å². The second-order valence-corrected chi connectivity index (χ2v) is 6.50. The molecule has 0 aliphatic carbocycles. The molecule has 96 valence electrons. The highest BCUT2D eigenvalue weighted by atomic mass is 15.3. The van der Waals surface area contributed by atoms with Crippen LogP contribution in [0, 0.1) is 5.92 Å². The Morgan fingerprint density at radius 1 is 1.38 bits per heavy atom. The number of hydrogen-bond acceptors (Lipinski definition) is 3. The van der Waals surface area contributed by atoms with Crippen LogP contribution in [0.25, 0.3) is 0 Å². The first-order valence-corrected chi connectivity index (χ1v) is 6.44. The van der Waals surface area contributed by atoms with Crippen molar-refractivity contribution < 1.29 is 0 Å². The predicted molar refractivity (Wildman–Crippen MR) is 70.8 cm³/mol. The van der Waals surface area contributed by atoms with E-state index in [0.29, 0.717) is 6.04 Å². The van der Waals surface area contributed by atoms with Crippen LogP contribution in [0.5, 0.6) is 0 Å². The largest absolute Gasteiger partial charge is 0.309 e. The van der Waals surface area contributed by atoms with E-state index in [-0.39, 0.29) is 5.54 Å². The molecule has 1 aliphatic heterocycles. The Morgan fingerprint density at radius 3 is 2.50 bits per heavy atom. The van der Waals surface area contributed by atoms with Crippen molar-refractivity contribution in [1.29, 1.82) is 0 Å². The molecule has 1 atom stereocenters. The van der Waals surface area contributed by atoms with Gasteiger partial charge in [-0.1, -0.05) is 13.8 Å². The number of nitrogens with zero attached hydrogens (tertiary/aromatic N) is 2. The van der Waals surface area contributed by atoms with Crippen LogP contribution < -0.4 is 5.32 Å². The van der Waals surface area contributed by atoms with Crippen LogP contribution in [0.1, 0.15) is 27.7 Å². The second-order valence-electron chi connectivity index (χ2n) is 6.50. The quantitative estimate of drug-likeness (QED) is 0.780. The first-order chi connectivity index (χ1) is 7.30. The van der Waals surface area contributed by atoms with E-state index in [1.54, 1.807) is 0 Å². The minimum atomic E-state index is 0.262. The summed E-state index contributed by atoms with van der Waals surface area (Å²) >= 11 is 0. The number of nitrogens with one attached hydrogen (secondary N) is 1. The summed E-state index contributed by atoms with van der Waals surface area (Å²) in [5.41, 5.74) is 0.262. The number of rotatable bonds is 4. The first-order valence-electron chi connectivity index (χ1n) is 6.44. The Hall–Kier alpha value is -0.120. The van der Waals surface area contributed by atoms with Crippen molar-refractivity contribution in [2.45, 2.75) is 39.3 Å². The molecule has 0 aromatic rings. The maximum Gasteiger partial charge on any atom is 0.0348 e. The van der Waals surface area contributed by atoms with Gasteiger partial charge in [0.2, 0.25) is 0 Å². The molecule has 3 nitrogen and oxygen atoms in total. The fourth-order valence-corrected chi connectivity index (χ4v) is 2.50. The lowest BCUT2D eigenvalue weighted by Crippen LogP contribution is -2.64. The minimum absolute atomic E-state index is 0.262. The molecular formula is C13H29N3. The molecule has 3 heteroatoms. The average molecular weight is 227 g/mol. The molecule has 1 N–H and O–H groups in total. The summed E-state index contributed by atoms with van der Waals surface area (Å²) in [5, 5.41) is 3.65. The van der Waals surface area contributed by atoms with Crippen molar-refractivity contribution >= 4 is 0 Å². The van der Waals surface area contributed by atoms with Crippen molar-refractivity contribution in [1.82, 2.24) is 15.1 Å². The van der Waals surface area contributed by atoms with Crippen LogP contribution in [0.3, 0.4) is 0 Å². The fourth-order valence-electron chi connectivity index (χ4n) is 2.50. The molecule has 0 amide bonds. The maximum absolute atomic E-state index is 3.65. The molecule has 0 bridgehead atoms. The van der Waals surface area contributed by atoms with Gasteiger partial charge >= 0.3 is 0 Å². The van der Waals surface area contributed by atoms with Crippen molar-refractivity contribution in [3.05, 3.63) is 0 Å². The third-order valence-electron chi connectivity index (χ3n) is 3.11. The van der Waals surface area contributed by atoms with E-state index < -0.39 is 0 Å². The van der Waals surface area contributed by atoms with Gasteiger partial charge in [-0.3, -0.25) is 4.90 Å². The third-order valence-corrected chi connectivity index (χ3v) is 3.11. The van der Waals surface area contributed by atoms with Gasteiger partial charge in [-0.2, -0.15) is 0 Å². The number of hydrogen-bond donors (Lipinski definition) is 1. The normalized spacial score (nSPS) is 26.6. The monoisotopic (exact) mass is 227 g/mol. The Kier molecular flexibility index (Phi) is 4.77. The molecule has 0 radical (unpaired) electrons. The summed E-state index contributed by atoms with van der Waals surface area (Å²) in [5.74, 6) is 0.749. The van der Waals surface area contributed by atoms with Gasteiger partial charge in [0.05, 0.1) is 0 Å². The molecule has 1 rings (SSSR count). The molecule has 0 aromatic heterocycles. The summed E-state index contributed by atoms with van der Waals surface area (Å²) in [4.78, 5) is 4.94. The first kappa shape index (κ1) is 13.9. The molecule has 0 spiro atoms. The van der Waals surface area contributed by atoms with Crippen LogP contribution >= 0.6 is 0 Å². The molecule has 1 aliphatic rings. The fraction of sp³-hybridized carbons (Fsp3) is 1.00.